The van der Waals surface area contributed by atoms with Crippen LogP contribution in [0.3, 0.4) is 0 Å². The van der Waals surface area contributed by atoms with Crippen molar-refractivity contribution in [2.45, 2.75) is 32.8 Å². The Bertz CT molecular complexity index is 981. The molecular formula is C22H22N2O4S. The molecule has 0 spiro atoms. The Labute approximate surface area is 173 Å². The van der Waals surface area contributed by atoms with Gasteiger partial charge in [0.2, 0.25) is 0 Å². The van der Waals surface area contributed by atoms with Gasteiger partial charge >= 0.3 is 5.97 Å². The number of hydrogen-bond acceptors (Lipinski definition) is 6. The number of ether oxygens (including phenoxy) is 1. The number of hydrogen-bond donors (Lipinski definition) is 2. The van der Waals surface area contributed by atoms with Gasteiger partial charge in [0.05, 0.1) is 12.1 Å². The van der Waals surface area contributed by atoms with E-state index in [9.17, 15) is 14.7 Å². The summed E-state index contributed by atoms with van der Waals surface area (Å²) in [5, 5.41) is 14.3. The summed E-state index contributed by atoms with van der Waals surface area (Å²) in [5.74, 6) is -0.834. The minimum Gasteiger partial charge on any atom is -0.508 e. The van der Waals surface area contributed by atoms with Gasteiger partial charge in [0.1, 0.15) is 5.75 Å². The Morgan fingerprint density at radius 1 is 1.10 bits per heavy atom. The van der Waals surface area contributed by atoms with Crippen molar-refractivity contribution in [1.82, 2.24) is 4.98 Å². The summed E-state index contributed by atoms with van der Waals surface area (Å²) in [5.41, 5.74) is 3.71. The first-order valence-electron chi connectivity index (χ1n) is 9.27. The van der Waals surface area contributed by atoms with Crippen LogP contribution in [0.2, 0.25) is 0 Å². The van der Waals surface area contributed by atoms with E-state index in [1.54, 1.807) is 12.1 Å². The highest BCUT2D eigenvalue weighted by Gasteiger charge is 2.19. The third-order valence-electron chi connectivity index (χ3n) is 4.35. The van der Waals surface area contributed by atoms with Crippen molar-refractivity contribution in [2.24, 2.45) is 0 Å². The third kappa shape index (κ3) is 5.65. The van der Waals surface area contributed by atoms with Crippen LogP contribution in [0.25, 0.3) is 11.3 Å². The highest BCUT2D eigenvalue weighted by atomic mass is 32.1. The number of aromatic nitrogens is 1. The average Bonchev–Trinajstić information content (AvgIpc) is 3.18. The van der Waals surface area contributed by atoms with E-state index in [2.05, 4.69) is 29.4 Å². The molecule has 29 heavy (non-hydrogen) atoms. The maximum atomic E-state index is 12.3. The lowest BCUT2D eigenvalue weighted by molar-refractivity contribution is -0.152. The Hall–Kier alpha value is -3.19. The maximum Gasteiger partial charge on any atom is 0.311 e. The van der Waals surface area contributed by atoms with Crippen LogP contribution in [0.4, 0.5) is 5.13 Å². The predicted molar refractivity (Wildman–Crippen MR) is 113 cm³/mol. The molecule has 0 saturated carbocycles. The van der Waals surface area contributed by atoms with E-state index in [0.717, 1.165) is 17.7 Å². The van der Waals surface area contributed by atoms with E-state index in [-0.39, 0.29) is 12.2 Å². The van der Waals surface area contributed by atoms with E-state index < -0.39 is 18.0 Å². The van der Waals surface area contributed by atoms with Crippen molar-refractivity contribution in [3.63, 3.8) is 0 Å². The lowest BCUT2D eigenvalue weighted by atomic mass is 10.1. The molecule has 3 aromatic rings. The van der Waals surface area contributed by atoms with Crippen LogP contribution in [0, 0.1) is 0 Å². The minimum absolute atomic E-state index is 0.0209. The predicted octanol–water partition coefficient (Wildman–Crippen LogP) is 4.19. The summed E-state index contributed by atoms with van der Waals surface area (Å²) in [6.07, 6.45) is 0.0468. The number of nitrogens with zero attached hydrogens (tertiary/aromatic N) is 1. The number of benzene rings is 2. The van der Waals surface area contributed by atoms with Gasteiger partial charge in [-0.3, -0.25) is 14.9 Å². The summed E-state index contributed by atoms with van der Waals surface area (Å²) in [6.45, 7) is 3.62. The van der Waals surface area contributed by atoms with Crippen LogP contribution in [0.5, 0.6) is 5.75 Å². The van der Waals surface area contributed by atoms with Crippen LogP contribution in [0.1, 0.15) is 25.0 Å². The Morgan fingerprint density at radius 3 is 2.41 bits per heavy atom. The number of anilines is 1. The standard InChI is InChI=1S/C22H22N2O4S/c1-3-15-4-8-17(9-5-15)19-13-29-22(23-19)24-21(27)14(2)28-20(26)12-16-6-10-18(25)11-7-16/h4-11,13-14,25H,3,12H2,1-2H3,(H,23,24,27)/t14-/m0/s1. The quantitative estimate of drug-likeness (QED) is 0.570. The molecular weight excluding hydrogens is 388 g/mol. The second kappa shape index (κ2) is 9.34. The largest absolute Gasteiger partial charge is 0.508 e. The van der Waals surface area contributed by atoms with Crippen LogP contribution < -0.4 is 5.32 Å². The lowest BCUT2D eigenvalue weighted by Gasteiger charge is -2.12. The first kappa shape index (κ1) is 20.5. The molecule has 1 heterocycles. The fraction of sp³-hybridized carbons (Fsp3) is 0.227. The molecule has 2 aromatic carbocycles. The zero-order valence-corrected chi connectivity index (χ0v) is 17.0. The number of esters is 1. The van der Waals surface area contributed by atoms with Crippen molar-refractivity contribution in [2.75, 3.05) is 5.32 Å². The molecule has 0 saturated heterocycles. The number of phenols is 1. The molecule has 0 fully saturated rings. The van der Waals surface area contributed by atoms with Crippen molar-refractivity contribution in [1.29, 1.82) is 0 Å². The molecule has 1 atom stereocenters. The number of nitrogens with one attached hydrogen (secondary N) is 1. The second-order valence-corrected chi connectivity index (χ2v) is 7.41. The summed E-state index contributed by atoms with van der Waals surface area (Å²) < 4.78 is 5.20. The van der Waals surface area contributed by atoms with Gasteiger partial charge in [0.25, 0.3) is 5.91 Å². The Kier molecular flexibility index (Phi) is 6.61. The highest BCUT2D eigenvalue weighted by molar-refractivity contribution is 7.14. The monoisotopic (exact) mass is 410 g/mol. The number of aryl methyl sites for hydroxylation is 1. The Balaban J connectivity index is 1.54. The molecule has 6 nitrogen and oxygen atoms in total. The van der Waals surface area contributed by atoms with Gasteiger partial charge < -0.3 is 9.84 Å². The molecule has 0 unspecified atom stereocenters. The fourth-order valence-electron chi connectivity index (χ4n) is 2.65. The van der Waals surface area contributed by atoms with Gasteiger partial charge in [-0.05, 0) is 36.6 Å². The van der Waals surface area contributed by atoms with Gasteiger partial charge in [0, 0.05) is 10.9 Å². The summed E-state index contributed by atoms with van der Waals surface area (Å²) in [6, 6.07) is 14.4. The summed E-state index contributed by atoms with van der Waals surface area (Å²) in [7, 11) is 0. The van der Waals surface area contributed by atoms with Crippen molar-refractivity contribution >= 4 is 28.3 Å². The summed E-state index contributed by atoms with van der Waals surface area (Å²) >= 11 is 1.32. The van der Waals surface area contributed by atoms with Crippen molar-refractivity contribution in [3.05, 3.63) is 65.0 Å². The van der Waals surface area contributed by atoms with Gasteiger partial charge in [-0.1, -0.05) is 43.3 Å². The molecule has 0 radical (unpaired) electrons. The zero-order valence-electron chi connectivity index (χ0n) is 16.2. The van der Waals surface area contributed by atoms with Crippen LogP contribution in [0.15, 0.2) is 53.9 Å². The van der Waals surface area contributed by atoms with Crippen LogP contribution in [-0.2, 0) is 27.2 Å². The van der Waals surface area contributed by atoms with Gasteiger partial charge in [-0.2, -0.15) is 0 Å². The normalized spacial score (nSPS) is 11.7. The van der Waals surface area contributed by atoms with Gasteiger partial charge in [0.15, 0.2) is 11.2 Å². The molecule has 1 aromatic heterocycles. The van der Waals surface area contributed by atoms with E-state index in [1.165, 1.54) is 36.0 Å². The molecule has 2 N–H and O–H groups in total. The second-order valence-electron chi connectivity index (χ2n) is 6.55. The van der Waals surface area contributed by atoms with E-state index in [4.69, 9.17) is 4.74 Å². The SMILES string of the molecule is CCc1ccc(-c2csc(NC(=O)[C@H](C)OC(=O)Cc3ccc(O)cc3)n2)cc1. The molecule has 0 aliphatic carbocycles. The zero-order chi connectivity index (χ0) is 20.8. The van der Waals surface area contributed by atoms with Gasteiger partial charge in [-0.15, -0.1) is 11.3 Å². The minimum atomic E-state index is -0.948. The van der Waals surface area contributed by atoms with Crippen molar-refractivity contribution < 1.29 is 19.4 Å². The molecule has 3 rings (SSSR count). The number of carbonyl (C=O) groups excluding carboxylic acids is 2. The highest BCUT2D eigenvalue weighted by Crippen LogP contribution is 2.25. The number of aromatic hydroxyl groups is 1. The van der Waals surface area contributed by atoms with Gasteiger partial charge in [-0.25, -0.2) is 4.98 Å². The maximum absolute atomic E-state index is 12.3. The van der Waals surface area contributed by atoms with E-state index >= 15 is 0 Å². The molecule has 1 amide bonds. The Morgan fingerprint density at radius 2 is 1.76 bits per heavy atom. The lowest BCUT2D eigenvalue weighted by Crippen LogP contribution is -2.30. The number of rotatable bonds is 7. The fourth-order valence-corrected chi connectivity index (χ4v) is 3.38. The first-order chi connectivity index (χ1) is 13.9. The number of thiazole rings is 1. The number of carbonyl (C=O) groups is 2. The van der Waals surface area contributed by atoms with Crippen molar-refractivity contribution in [3.8, 4) is 17.0 Å². The molecule has 0 bridgehead atoms. The number of phenolic OH excluding ortho intramolecular Hbond substituents is 1. The number of amides is 1. The van der Waals surface area contributed by atoms with E-state index in [1.807, 2.05) is 17.5 Å². The van der Waals surface area contributed by atoms with E-state index in [0.29, 0.717) is 10.7 Å². The summed E-state index contributed by atoms with van der Waals surface area (Å²) in [4.78, 5) is 28.8. The molecule has 150 valence electrons. The molecule has 7 heteroatoms. The molecule has 0 aliphatic rings. The van der Waals surface area contributed by atoms with Crippen LogP contribution in [-0.4, -0.2) is 28.1 Å². The van der Waals surface area contributed by atoms with Crippen LogP contribution >= 0.6 is 11.3 Å². The first-order valence-corrected chi connectivity index (χ1v) is 10.2. The smallest absolute Gasteiger partial charge is 0.311 e. The third-order valence-corrected chi connectivity index (χ3v) is 5.11. The average molecular weight is 410 g/mol. The topological polar surface area (TPSA) is 88.5 Å². The molecule has 0 aliphatic heterocycles.